The lowest BCUT2D eigenvalue weighted by Crippen LogP contribution is -2.30. The largest absolute Gasteiger partial charge is 0.507 e. The molecule has 1 aliphatic rings. The van der Waals surface area contributed by atoms with Crippen LogP contribution < -0.4 is 9.64 Å². The zero-order chi connectivity index (χ0) is 25.7. The van der Waals surface area contributed by atoms with Crippen molar-refractivity contribution in [3.63, 3.8) is 0 Å². The highest BCUT2D eigenvalue weighted by Crippen LogP contribution is 2.45. The average Bonchev–Trinajstić information content (AvgIpc) is 3.34. The summed E-state index contributed by atoms with van der Waals surface area (Å²) >= 11 is 0. The second-order valence-corrected chi connectivity index (χ2v) is 10.1. The van der Waals surface area contributed by atoms with Crippen molar-refractivity contribution in [3.8, 4) is 5.75 Å². The van der Waals surface area contributed by atoms with Gasteiger partial charge in [0.05, 0.1) is 18.2 Å². The predicted molar refractivity (Wildman–Crippen MR) is 136 cm³/mol. The van der Waals surface area contributed by atoms with E-state index in [2.05, 4.69) is 20.8 Å². The van der Waals surface area contributed by atoms with Crippen LogP contribution in [0.1, 0.15) is 60.6 Å². The van der Waals surface area contributed by atoms with E-state index in [0.29, 0.717) is 28.5 Å². The van der Waals surface area contributed by atoms with Crippen LogP contribution in [-0.4, -0.2) is 23.9 Å². The number of benzene rings is 2. The number of Topliss-reactive ketones (excluding diaryl/α,β-unsaturated/α-hetero) is 1. The fraction of sp³-hybridized carbons (Fsp3) is 0.310. The zero-order valence-electron chi connectivity index (χ0n) is 21.2. The third kappa shape index (κ3) is 4.25. The molecule has 2 heterocycles. The number of amides is 1. The summed E-state index contributed by atoms with van der Waals surface area (Å²) in [6.07, 6.45) is 0. The van der Waals surface area contributed by atoms with Crippen molar-refractivity contribution in [2.75, 3.05) is 12.0 Å². The lowest BCUT2D eigenvalue weighted by Gasteiger charge is -2.26. The summed E-state index contributed by atoms with van der Waals surface area (Å²) < 4.78 is 11.4. The van der Waals surface area contributed by atoms with Gasteiger partial charge in [-0.3, -0.25) is 14.5 Å². The fourth-order valence-electron chi connectivity index (χ4n) is 4.43. The molecule has 4 rings (SSSR count). The SMILES string of the molecule is COc1ccc(C(C)(C)C)cc1/C(O)=C1\C(=O)C(=O)N(c2cc(C)ccc2C)C1c1ccc(C)o1. The molecule has 3 aromatic rings. The normalized spacial score (nSPS) is 17.8. The second kappa shape index (κ2) is 8.77. The first kappa shape index (κ1) is 24.3. The summed E-state index contributed by atoms with van der Waals surface area (Å²) in [5.41, 5.74) is 3.44. The third-order valence-electron chi connectivity index (χ3n) is 6.42. The number of furan rings is 1. The van der Waals surface area contributed by atoms with E-state index in [-0.39, 0.29) is 16.7 Å². The van der Waals surface area contributed by atoms with Crippen LogP contribution in [0.3, 0.4) is 0 Å². The number of aliphatic hydroxyl groups excluding tert-OH is 1. The van der Waals surface area contributed by atoms with Gasteiger partial charge in [-0.05, 0) is 73.2 Å². The maximum absolute atomic E-state index is 13.5. The number of nitrogens with zero attached hydrogens (tertiary/aromatic N) is 1. The third-order valence-corrected chi connectivity index (χ3v) is 6.42. The Balaban J connectivity index is 2.01. The molecule has 0 spiro atoms. The Kier molecular flexibility index (Phi) is 6.09. The molecule has 2 aromatic carbocycles. The first-order valence-electron chi connectivity index (χ1n) is 11.6. The number of anilines is 1. The molecular formula is C29H31NO5. The van der Waals surface area contributed by atoms with Gasteiger partial charge in [0, 0.05) is 5.69 Å². The highest BCUT2D eigenvalue weighted by atomic mass is 16.5. The maximum atomic E-state index is 13.5. The number of carbonyl (C=O) groups is 2. The van der Waals surface area contributed by atoms with Gasteiger partial charge < -0.3 is 14.3 Å². The van der Waals surface area contributed by atoms with E-state index in [9.17, 15) is 14.7 Å². The number of ketones is 1. The maximum Gasteiger partial charge on any atom is 0.300 e. The molecule has 1 amide bonds. The molecule has 182 valence electrons. The van der Waals surface area contributed by atoms with Crippen LogP contribution >= 0.6 is 0 Å². The average molecular weight is 474 g/mol. The molecular weight excluding hydrogens is 442 g/mol. The molecule has 0 aliphatic carbocycles. The highest BCUT2D eigenvalue weighted by molar-refractivity contribution is 6.51. The van der Waals surface area contributed by atoms with Crippen LogP contribution in [0, 0.1) is 20.8 Å². The van der Waals surface area contributed by atoms with E-state index < -0.39 is 17.7 Å². The van der Waals surface area contributed by atoms with E-state index in [4.69, 9.17) is 9.15 Å². The number of carbonyl (C=O) groups excluding carboxylic acids is 2. The number of aryl methyl sites for hydroxylation is 3. The summed E-state index contributed by atoms with van der Waals surface area (Å²) in [4.78, 5) is 28.4. The Hall–Kier alpha value is -3.80. The van der Waals surface area contributed by atoms with Gasteiger partial charge in [0.15, 0.2) is 0 Å². The number of aliphatic hydroxyl groups is 1. The lowest BCUT2D eigenvalue weighted by molar-refractivity contribution is -0.132. The van der Waals surface area contributed by atoms with Crippen molar-refractivity contribution in [2.45, 2.75) is 53.0 Å². The van der Waals surface area contributed by atoms with Crippen molar-refractivity contribution < 1.29 is 23.8 Å². The molecule has 1 aromatic heterocycles. The van der Waals surface area contributed by atoms with E-state index in [1.165, 1.54) is 12.0 Å². The first-order chi connectivity index (χ1) is 16.4. The number of rotatable bonds is 4. The van der Waals surface area contributed by atoms with Gasteiger partial charge in [0.1, 0.15) is 29.1 Å². The van der Waals surface area contributed by atoms with E-state index >= 15 is 0 Å². The monoisotopic (exact) mass is 473 g/mol. The minimum Gasteiger partial charge on any atom is -0.507 e. The van der Waals surface area contributed by atoms with Crippen LogP contribution in [-0.2, 0) is 15.0 Å². The van der Waals surface area contributed by atoms with Crippen LogP contribution in [0.2, 0.25) is 0 Å². The molecule has 1 N–H and O–H groups in total. The topological polar surface area (TPSA) is 80.0 Å². The second-order valence-electron chi connectivity index (χ2n) is 10.1. The Morgan fingerprint density at radius 1 is 1.00 bits per heavy atom. The molecule has 1 aliphatic heterocycles. The van der Waals surface area contributed by atoms with Crippen molar-refractivity contribution in [3.05, 3.63) is 87.9 Å². The van der Waals surface area contributed by atoms with Gasteiger partial charge >= 0.3 is 0 Å². The van der Waals surface area contributed by atoms with Crippen LogP contribution in [0.5, 0.6) is 5.75 Å². The molecule has 1 atom stereocenters. The van der Waals surface area contributed by atoms with Crippen molar-refractivity contribution in [1.82, 2.24) is 0 Å². The van der Waals surface area contributed by atoms with Crippen molar-refractivity contribution in [1.29, 1.82) is 0 Å². The Labute approximate surface area is 205 Å². The molecule has 0 radical (unpaired) electrons. The van der Waals surface area contributed by atoms with Crippen molar-refractivity contribution in [2.24, 2.45) is 0 Å². The van der Waals surface area contributed by atoms with Crippen molar-refractivity contribution >= 4 is 23.1 Å². The predicted octanol–water partition coefficient (Wildman–Crippen LogP) is 6.14. The molecule has 0 bridgehead atoms. The Morgan fingerprint density at radius 3 is 2.31 bits per heavy atom. The molecule has 6 nitrogen and oxygen atoms in total. The molecule has 6 heteroatoms. The number of hydrogen-bond acceptors (Lipinski definition) is 5. The Morgan fingerprint density at radius 2 is 1.71 bits per heavy atom. The standard InChI is InChI=1S/C29H31NO5/c1-16-8-9-17(2)21(14-16)30-25(23-12-10-18(3)35-23)24(27(32)28(30)33)26(31)20-15-19(29(4,5)6)11-13-22(20)34-7/h8-15,25,31H,1-7H3/b26-24+. The highest BCUT2D eigenvalue weighted by Gasteiger charge is 2.49. The lowest BCUT2D eigenvalue weighted by atomic mass is 9.85. The fourth-order valence-corrected chi connectivity index (χ4v) is 4.43. The summed E-state index contributed by atoms with van der Waals surface area (Å²) in [5, 5.41) is 11.6. The minimum atomic E-state index is -0.924. The van der Waals surface area contributed by atoms with Crippen LogP contribution in [0.4, 0.5) is 5.69 Å². The number of ether oxygens (including phenoxy) is 1. The zero-order valence-corrected chi connectivity index (χ0v) is 21.2. The summed E-state index contributed by atoms with van der Waals surface area (Å²) in [5.74, 6) is -0.342. The smallest absolute Gasteiger partial charge is 0.300 e. The van der Waals surface area contributed by atoms with Crippen LogP contribution in [0.25, 0.3) is 5.76 Å². The Bertz CT molecular complexity index is 1360. The van der Waals surface area contributed by atoms with E-state index in [1.807, 2.05) is 44.2 Å². The minimum absolute atomic E-state index is 0.0328. The van der Waals surface area contributed by atoms with Gasteiger partial charge in [-0.2, -0.15) is 0 Å². The molecule has 1 unspecified atom stereocenters. The first-order valence-corrected chi connectivity index (χ1v) is 11.6. The molecule has 35 heavy (non-hydrogen) atoms. The number of hydrogen-bond donors (Lipinski definition) is 1. The van der Waals surface area contributed by atoms with Crippen LogP contribution in [0.15, 0.2) is 58.5 Å². The summed E-state index contributed by atoms with van der Waals surface area (Å²) in [6.45, 7) is 11.8. The quantitative estimate of drug-likeness (QED) is 0.280. The van der Waals surface area contributed by atoms with Gasteiger partial charge in [-0.25, -0.2) is 0 Å². The van der Waals surface area contributed by atoms with Gasteiger partial charge in [-0.1, -0.05) is 39.0 Å². The molecule has 0 saturated carbocycles. The van der Waals surface area contributed by atoms with Gasteiger partial charge in [0.25, 0.3) is 11.7 Å². The van der Waals surface area contributed by atoms with E-state index in [0.717, 1.165) is 16.7 Å². The van der Waals surface area contributed by atoms with Gasteiger partial charge in [-0.15, -0.1) is 0 Å². The van der Waals surface area contributed by atoms with Gasteiger partial charge in [0.2, 0.25) is 0 Å². The molecule has 1 saturated heterocycles. The summed E-state index contributed by atoms with van der Waals surface area (Å²) in [7, 11) is 1.50. The summed E-state index contributed by atoms with van der Waals surface area (Å²) in [6, 6.07) is 13.8. The van der Waals surface area contributed by atoms with E-state index in [1.54, 1.807) is 25.1 Å². The number of methoxy groups -OCH3 is 1. The molecule has 1 fully saturated rings.